The fourth-order valence-electron chi connectivity index (χ4n) is 1.92. The number of carbonyl (C=O) groups is 1. The largest absolute Gasteiger partial charge is 0.294 e. The minimum atomic E-state index is -0.358. The van der Waals surface area contributed by atoms with Gasteiger partial charge in [0.2, 0.25) is 0 Å². The molecule has 0 heterocycles. The molecule has 0 aliphatic heterocycles. The maximum Gasteiger partial charge on any atom is 0.167 e. The summed E-state index contributed by atoms with van der Waals surface area (Å²) in [5.74, 6) is -0.834. The topological polar surface area (TPSA) is 17.1 Å². The Morgan fingerprint density at radius 3 is 2.42 bits per heavy atom. The highest BCUT2D eigenvalue weighted by Crippen LogP contribution is 2.15. The molecule has 0 aliphatic carbocycles. The first-order valence-electron chi connectivity index (χ1n) is 6.02. The van der Waals surface area contributed by atoms with Gasteiger partial charge in [-0.3, -0.25) is 4.79 Å². The molecule has 0 N–H and O–H groups in total. The van der Waals surface area contributed by atoms with Gasteiger partial charge in [-0.15, -0.1) is 0 Å². The van der Waals surface area contributed by atoms with Gasteiger partial charge in [-0.05, 0) is 60.9 Å². The van der Waals surface area contributed by atoms with Crippen LogP contribution < -0.4 is 0 Å². The molecule has 0 unspecified atom stereocenters. The van der Waals surface area contributed by atoms with Crippen LogP contribution in [0.1, 0.15) is 27.0 Å². The highest BCUT2D eigenvalue weighted by Gasteiger charge is 2.11. The lowest BCUT2D eigenvalue weighted by atomic mass is 9.98. The molecule has 0 amide bonds. The molecular weight excluding hydrogens is 246 g/mol. The number of hydrogen-bond acceptors (Lipinski definition) is 1. The first kappa shape index (κ1) is 13.4. The second-order valence-corrected chi connectivity index (χ2v) is 4.63. The second kappa shape index (κ2) is 5.31. The molecule has 0 fully saturated rings. The van der Waals surface area contributed by atoms with Gasteiger partial charge in [-0.25, -0.2) is 8.78 Å². The number of Topliss-reactive ketones (excluding diaryl/α,β-unsaturated/α-hetero) is 1. The summed E-state index contributed by atoms with van der Waals surface area (Å²) in [6.45, 7) is 3.44. The smallest absolute Gasteiger partial charge is 0.167 e. The average Bonchev–Trinajstić information content (AvgIpc) is 2.37. The molecule has 0 radical (unpaired) electrons. The third-order valence-electron chi connectivity index (χ3n) is 3.14. The molecule has 98 valence electrons. The van der Waals surface area contributed by atoms with Crippen LogP contribution in [0.15, 0.2) is 36.4 Å². The van der Waals surface area contributed by atoms with Gasteiger partial charge in [0.1, 0.15) is 11.6 Å². The lowest BCUT2D eigenvalue weighted by molar-refractivity contribution is 0.0992. The summed E-state index contributed by atoms with van der Waals surface area (Å²) in [6, 6.07) is 8.63. The molecule has 0 saturated carbocycles. The summed E-state index contributed by atoms with van der Waals surface area (Å²) in [5, 5.41) is 0. The van der Waals surface area contributed by atoms with Crippen molar-refractivity contribution in [1.29, 1.82) is 0 Å². The Kier molecular flexibility index (Phi) is 3.74. The zero-order valence-electron chi connectivity index (χ0n) is 10.8. The van der Waals surface area contributed by atoms with Crippen molar-refractivity contribution < 1.29 is 13.6 Å². The van der Waals surface area contributed by atoms with Gasteiger partial charge in [-0.2, -0.15) is 0 Å². The Morgan fingerprint density at radius 2 is 1.74 bits per heavy atom. The van der Waals surface area contributed by atoms with E-state index in [1.165, 1.54) is 30.3 Å². The SMILES string of the molecule is Cc1cc(C(=O)Cc2cc(F)ccc2C)ccc1F. The Bertz CT molecular complexity index is 633. The summed E-state index contributed by atoms with van der Waals surface area (Å²) < 4.78 is 26.3. The second-order valence-electron chi connectivity index (χ2n) is 4.63. The van der Waals surface area contributed by atoms with Gasteiger partial charge in [0, 0.05) is 12.0 Å². The van der Waals surface area contributed by atoms with Crippen LogP contribution >= 0.6 is 0 Å². The third kappa shape index (κ3) is 3.05. The average molecular weight is 260 g/mol. The fraction of sp³-hybridized carbons (Fsp3) is 0.188. The molecule has 1 nitrogen and oxygen atoms in total. The van der Waals surface area contributed by atoms with Crippen LogP contribution in [-0.2, 0) is 6.42 Å². The first-order valence-corrected chi connectivity index (χ1v) is 6.02. The maximum absolute atomic E-state index is 13.2. The fourth-order valence-corrected chi connectivity index (χ4v) is 1.92. The predicted molar refractivity (Wildman–Crippen MR) is 70.3 cm³/mol. The molecule has 19 heavy (non-hydrogen) atoms. The maximum atomic E-state index is 13.2. The molecule has 0 atom stereocenters. The molecule has 2 rings (SSSR count). The Morgan fingerprint density at radius 1 is 1.00 bits per heavy atom. The molecule has 0 spiro atoms. The van der Waals surface area contributed by atoms with Crippen molar-refractivity contribution in [2.45, 2.75) is 20.3 Å². The van der Waals surface area contributed by atoms with E-state index in [-0.39, 0.29) is 23.8 Å². The van der Waals surface area contributed by atoms with Gasteiger partial charge < -0.3 is 0 Å². The van der Waals surface area contributed by atoms with Crippen LogP contribution in [0.2, 0.25) is 0 Å². The van der Waals surface area contributed by atoms with Crippen molar-refractivity contribution in [3.8, 4) is 0 Å². The van der Waals surface area contributed by atoms with E-state index in [1.807, 2.05) is 6.92 Å². The van der Waals surface area contributed by atoms with Gasteiger partial charge in [0.15, 0.2) is 5.78 Å². The molecule has 3 heteroatoms. The highest BCUT2D eigenvalue weighted by molar-refractivity contribution is 5.97. The van der Waals surface area contributed by atoms with Crippen LogP contribution in [-0.4, -0.2) is 5.78 Å². The van der Waals surface area contributed by atoms with Crippen LogP contribution in [0.4, 0.5) is 8.78 Å². The lowest BCUT2D eigenvalue weighted by Crippen LogP contribution is -2.06. The zero-order valence-corrected chi connectivity index (χ0v) is 10.8. The molecule has 2 aromatic carbocycles. The van der Waals surface area contributed by atoms with E-state index >= 15 is 0 Å². The lowest BCUT2D eigenvalue weighted by Gasteiger charge is -2.06. The molecule has 0 bridgehead atoms. The standard InChI is InChI=1S/C16H14F2O/c1-10-3-5-14(17)8-13(10)9-16(19)12-4-6-15(18)11(2)7-12/h3-8H,9H2,1-2H3. The number of hydrogen-bond donors (Lipinski definition) is 0. The summed E-state index contributed by atoms with van der Waals surface area (Å²) >= 11 is 0. The molecule has 2 aromatic rings. The predicted octanol–water partition coefficient (Wildman–Crippen LogP) is 4.01. The highest BCUT2D eigenvalue weighted by atomic mass is 19.1. The molecular formula is C16H14F2O. The summed E-state index contributed by atoms with van der Waals surface area (Å²) in [5.41, 5.74) is 2.41. The third-order valence-corrected chi connectivity index (χ3v) is 3.14. The van der Waals surface area contributed by atoms with Crippen molar-refractivity contribution in [2.75, 3.05) is 0 Å². The van der Waals surface area contributed by atoms with Gasteiger partial charge in [-0.1, -0.05) is 6.07 Å². The Hall–Kier alpha value is -2.03. The van der Waals surface area contributed by atoms with Crippen molar-refractivity contribution in [2.24, 2.45) is 0 Å². The number of rotatable bonds is 3. The van der Waals surface area contributed by atoms with E-state index in [0.29, 0.717) is 16.7 Å². The van der Waals surface area contributed by atoms with Crippen LogP contribution in [0.5, 0.6) is 0 Å². The monoisotopic (exact) mass is 260 g/mol. The Labute approximate surface area is 110 Å². The molecule has 0 aromatic heterocycles. The van der Waals surface area contributed by atoms with Crippen LogP contribution in [0.3, 0.4) is 0 Å². The van der Waals surface area contributed by atoms with E-state index in [9.17, 15) is 13.6 Å². The van der Waals surface area contributed by atoms with Crippen LogP contribution in [0, 0.1) is 25.5 Å². The van der Waals surface area contributed by atoms with Crippen molar-refractivity contribution >= 4 is 5.78 Å². The number of benzene rings is 2. The molecule has 0 saturated heterocycles. The zero-order chi connectivity index (χ0) is 14.0. The Balaban J connectivity index is 2.25. The number of aryl methyl sites for hydroxylation is 2. The number of halogens is 2. The summed E-state index contributed by atoms with van der Waals surface area (Å²) in [7, 11) is 0. The summed E-state index contributed by atoms with van der Waals surface area (Å²) in [4.78, 5) is 12.1. The van der Waals surface area contributed by atoms with Crippen LogP contribution in [0.25, 0.3) is 0 Å². The number of carbonyl (C=O) groups excluding carboxylic acids is 1. The first-order chi connectivity index (χ1) is 8.97. The minimum Gasteiger partial charge on any atom is -0.294 e. The van der Waals surface area contributed by atoms with Gasteiger partial charge in [0.25, 0.3) is 0 Å². The van der Waals surface area contributed by atoms with Crippen molar-refractivity contribution in [1.82, 2.24) is 0 Å². The number of ketones is 1. The quantitative estimate of drug-likeness (QED) is 0.762. The van der Waals surface area contributed by atoms with Crippen molar-refractivity contribution in [3.05, 3.63) is 70.3 Å². The van der Waals surface area contributed by atoms with Crippen molar-refractivity contribution in [3.63, 3.8) is 0 Å². The van der Waals surface area contributed by atoms with Gasteiger partial charge in [0.05, 0.1) is 0 Å². The minimum absolute atomic E-state index is 0.120. The molecule has 0 aliphatic rings. The van der Waals surface area contributed by atoms with E-state index in [1.54, 1.807) is 13.0 Å². The van der Waals surface area contributed by atoms with E-state index in [2.05, 4.69) is 0 Å². The normalized spacial score (nSPS) is 10.5. The van der Waals surface area contributed by atoms with E-state index in [4.69, 9.17) is 0 Å². The van der Waals surface area contributed by atoms with Gasteiger partial charge >= 0.3 is 0 Å². The summed E-state index contributed by atoms with van der Waals surface area (Å²) in [6.07, 6.45) is 0.120. The van der Waals surface area contributed by atoms with E-state index < -0.39 is 0 Å². The van der Waals surface area contributed by atoms with E-state index in [0.717, 1.165) is 5.56 Å².